The van der Waals surface area contributed by atoms with Gasteiger partial charge in [0.2, 0.25) is 0 Å². The van der Waals surface area contributed by atoms with Crippen molar-refractivity contribution in [1.82, 2.24) is 0 Å². The SMILES string of the molecule is COc1cccc(N(C)S(=O)(=O)c2ccc(C)cc2N)c1. The molecule has 6 heteroatoms. The van der Waals surface area contributed by atoms with Crippen LogP contribution in [0.1, 0.15) is 5.56 Å². The summed E-state index contributed by atoms with van der Waals surface area (Å²) >= 11 is 0. The van der Waals surface area contributed by atoms with E-state index < -0.39 is 10.0 Å². The Labute approximate surface area is 125 Å². The van der Waals surface area contributed by atoms with Gasteiger partial charge in [0.25, 0.3) is 10.0 Å². The van der Waals surface area contributed by atoms with Crippen LogP contribution in [0.5, 0.6) is 5.75 Å². The lowest BCUT2D eigenvalue weighted by molar-refractivity contribution is 0.415. The topological polar surface area (TPSA) is 72.6 Å². The summed E-state index contributed by atoms with van der Waals surface area (Å²) in [5, 5.41) is 0. The molecule has 0 spiro atoms. The third kappa shape index (κ3) is 2.95. The van der Waals surface area contributed by atoms with E-state index in [0.29, 0.717) is 11.4 Å². The summed E-state index contributed by atoms with van der Waals surface area (Å²) in [6.07, 6.45) is 0. The largest absolute Gasteiger partial charge is 0.497 e. The average Bonchev–Trinajstić information content (AvgIpc) is 2.46. The van der Waals surface area contributed by atoms with E-state index in [1.54, 1.807) is 36.4 Å². The lowest BCUT2D eigenvalue weighted by Gasteiger charge is -2.21. The van der Waals surface area contributed by atoms with Crippen molar-refractivity contribution in [2.24, 2.45) is 0 Å². The van der Waals surface area contributed by atoms with Crippen molar-refractivity contribution in [3.63, 3.8) is 0 Å². The Hall–Kier alpha value is -2.21. The highest BCUT2D eigenvalue weighted by molar-refractivity contribution is 7.93. The molecule has 0 saturated carbocycles. The van der Waals surface area contributed by atoms with E-state index in [1.165, 1.54) is 24.5 Å². The summed E-state index contributed by atoms with van der Waals surface area (Å²) in [4.78, 5) is 0.0958. The van der Waals surface area contributed by atoms with E-state index in [1.807, 2.05) is 6.92 Å². The first-order chi connectivity index (χ1) is 9.86. The van der Waals surface area contributed by atoms with Crippen LogP contribution >= 0.6 is 0 Å². The molecule has 0 aliphatic rings. The van der Waals surface area contributed by atoms with Crippen LogP contribution in [0.15, 0.2) is 47.4 Å². The maximum absolute atomic E-state index is 12.7. The summed E-state index contributed by atoms with van der Waals surface area (Å²) in [6.45, 7) is 1.86. The van der Waals surface area contributed by atoms with Gasteiger partial charge in [-0.05, 0) is 36.8 Å². The number of sulfonamides is 1. The standard InChI is InChI=1S/C15H18N2O3S/c1-11-7-8-15(14(16)9-11)21(18,19)17(2)12-5-4-6-13(10-12)20-3/h4-10H,16H2,1-3H3. The van der Waals surface area contributed by atoms with E-state index in [2.05, 4.69) is 0 Å². The highest BCUT2D eigenvalue weighted by atomic mass is 32.2. The normalized spacial score (nSPS) is 11.2. The molecular formula is C15H18N2O3S. The number of rotatable bonds is 4. The second-order valence-corrected chi connectivity index (χ2v) is 6.65. The predicted octanol–water partition coefficient (Wildman–Crippen LogP) is 2.41. The van der Waals surface area contributed by atoms with Gasteiger partial charge in [-0.2, -0.15) is 0 Å². The molecule has 0 aromatic heterocycles. The first kappa shape index (κ1) is 15.2. The second kappa shape index (κ2) is 5.65. The maximum atomic E-state index is 12.7. The molecule has 2 aromatic carbocycles. The van der Waals surface area contributed by atoms with Crippen molar-refractivity contribution in [1.29, 1.82) is 0 Å². The number of hydrogen-bond acceptors (Lipinski definition) is 4. The minimum absolute atomic E-state index is 0.0958. The van der Waals surface area contributed by atoms with E-state index >= 15 is 0 Å². The van der Waals surface area contributed by atoms with Gasteiger partial charge in [0.1, 0.15) is 10.6 Å². The summed E-state index contributed by atoms with van der Waals surface area (Å²) < 4.78 is 31.6. The van der Waals surface area contributed by atoms with Crippen LogP contribution in [-0.2, 0) is 10.0 Å². The highest BCUT2D eigenvalue weighted by Crippen LogP contribution is 2.28. The Kier molecular flexibility index (Phi) is 4.09. The van der Waals surface area contributed by atoms with Crippen LogP contribution in [0.25, 0.3) is 0 Å². The Bertz CT molecular complexity index is 757. The van der Waals surface area contributed by atoms with Gasteiger partial charge in [-0.25, -0.2) is 8.42 Å². The van der Waals surface area contributed by atoms with Crippen molar-refractivity contribution in [3.05, 3.63) is 48.0 Å². The zero-order valence-corrected chi connectivity index (χ0v) is 13.0. The predicted molar refractivity (Wildman–Crippen MR) is 84.2 cm³/mol. The molecule has 0 saturated heterocycles. The number of nitrogens with zero attached hydrogens (tertiary/aromatic N) is 1. The van der Waals surface area contributed by atoms with Gasteiger partial charge in [-0.1, -0.05) is 12.1 Å². The molecule has 2 rings (SSSR count). The second-order valence-electron chi connectivity index (χ2n) is 4.72. The minimum Gasteiger partial charge on any atom is -0.497 e. The van der Waals surface area contributed by atoms with E-state index in [-0.39, 0.29) is 10.6 Å². The summed E-state index contributed by atoms with van der Waals surface area (Å²) in [5.74, 6) is 0.589. The number of nitrogens with two attached hydrogens (primary N) is 1. The molecule has 0 radical (unpaired) electrons. The van der Waals surface area contributed by atoms with Crippen molar-refractivity contribution < 1.29 is 13.2 Å². The first-order valence-electron chi connectivity index (χ1n) is 6.35. The molecule has 21 heavy (non-hydrogen) atoms. The third-order valence-electron chi connectivity index (χ3n) is 3.22. The van der Waals surface area contributed by atoms with Crippen LogP contribution in [0, 0.1) is 6.92 Å². The van der Waals surface area contributed by atoms with Crippen molar-refractivity contribution in [2.75, 3.05) is 24.2 Å². The number of hydrogen-bond donors (Lipinski definition) is 1. The fourth-order valence-corrected chi connectivity index (χ4v) is 3.28. The molecular weight excluding hydrogens is 288 g/mol. The Morgan fingerprint density at radius 2 is 1.86 bits per heavy atom. The summed E-state index contributed by atoms with van der Waals surface area (Å²) in [5.41, 5.74) is 7.51. The zero-order valence-electron chi connectivity index (χ0n) is 12.2. The quantitative estimate of drug-likeness (QED) is 0.880. The minimum atomic E-state index is -3.71. The molecule has 0 aliphatic heterocycles. The van der Waals surface area contributed by atoms with E-state index in [9.17, 15) is 8.42 Å². The number of aryl methyl sites for hydroxylation is 1. The monoisotopic (exact) mass is 306 g/mol. The first-order valence-corrected chi connectivity index (χ1v) is 7.79. The van der Waals surface area contributed by atoms with Crippen molar-refractivity contribution in [2.45, 2.75) is 11.8 Å². The van der Waals surface area contributed by atoms with Crippen LogP contribution in [-0.4, -0.2) is 22.6 Å². The molecule has 0 atom stereocenters. The number of benzene rings is 2. The number of anilines is 2. The highest BCUT2D eigenvalue weighted by Gasteiger charge is 2.23. The zero-order chi connectivity index (χ0) is 15.6. The van der Waals surface area contributed by atoms with Gasteiger partial charge in [-0.15, -0.1) is 0 Å². The molecule has 2 N–H and O–H groups in total. The maximum Gasteiger partial charge on any atom is 0.266 e. The molecule has 0 amide bonds. The fraction of sp³-hybridized carbons (Fsp3) is 0.200. The molecule has 0 unspecified atom stereocenters. The van der Waals surface area contributed by atoms with E-state index in [0.717, 1.165) is 5.56 Å². The molecule has 112 valence electrons. The van der Waals surface area contributed by atoms with Gasteiger partial charge >= 0.3 is 0 Å². The fourth-order valence-electron chi connectivity index (χ4n) is 2.00. The van der Waals surface area contributed by atoms with Gasteiger partial charge in [0.05, 0.1) is 18.5 Å². The van der Waals surface area contributed by atoms with Crippen LogP contribution in [0.4, 0.5) is 11.4 Å². The summed E-state index contributed by atoms with van der Waals surface area (Å²) in [6, 6.07) is 11.7. The van der Waals surface area contributed by atoms with Crippen molar-refractivity contribution >= 4 is 21.4 Å². The third-order valence-corrected chi connectivity index (χ3v) is 5.08. The Balaban J connectivity index is 2.47. The van der Waals surface area contributed by atoms with Gasteiger partial charge < -0.3 is 10.5 Å². The van der Waals surface area contributed by atoms with Crippen LogP contribution < -0.4 is 14.8 Å². The lowest BCUT2D eigenvalue weighted by atomic mass is 10.2. The van der Waals surface area contributed by atoms with Gasteiger partial charge in [-0.3, -0.25) is 4.31 Å². The molecule has 5 nitrogen and oxygen atoms in total. The number of nitrogen functional groups attached to an aromatic ring is 1. The van der Waals surface area contributed by atoms with Crippen molar-refractivity contribution in [3.8, 4) is 5.75 Å². The van der Waals surface area contributed by atoms with E-state index in [4.69, 9.17) is 10.5 Å². The molecule has 0 fully saturated rings. The van der Waals surface area contributed by atoms with Crippen LogP contribution in [0.2, 0.25) is 0 Å². The number of ether oxygens (including phenoxy) is 1. The van der Waals surface area contributed by atoms with Crippen LogP contribution in [0.3, 0.4) is 0 Å². The molecule has 0 bridgehead atoms. The average molecular weight is 306 g/mol. The van der Waals surface area contributed by atoms with Gasteiger partial charge in [0.15, 0.2) is 0 Å². The Morgan fingerprint density at radius 1 is 1.14 bits per heavy atom. The Morgan fingerprint density at radius 3 is 2.48 bits per heavy atom. The smallest absolute Gasteiger partial charge is 0.266 e. The van der Waals surface area contributed by atoms with Gasteiger partial charge in [0, 0.05) is 13.1 Å². The summed E-state index contributed by atoms with van der Waals surface area (Å²) in [7, 11) is -0.689. The molecule has 0 heterocycles. The number of methoxy groups -OCH3 is 1. The molecule has 2 aromatic rings. The molecule has 0 aliphatic carbocycles. The lowest BCUT2D eigenvalue weighted by Crippen LogP contribution is -2.27.